The maximum absolute atomic E-state index is 13.7. The van der Waals surface area contributed by atoms with Gasteiger partial charge in [-0.2, -0.15) is 21.0 Å². The number of nitrogens with zero attached hydrogens (tertiary/aromatic N) is 4. The Morgan fingerprint density at radius 3 is 1.61 bits per heavy atom. The number of alkyl halides is 12. The molecule has 0 aromatic heterocycles. The summed E-state index contributed by atoms with van der Waals surface area (Å²) in [5, 5.41) is 39.1. The summed E-state index contributed by atoms with van der Waals surface area (Å²) in [7, 11) is 0. The van der Waals surface area contributed by atoms with Crippen LogP contribution in [0.5, 0.6) is 11.5 Å². The first kappa shape index (κ1) is 36.2. The summed E-state index contributed by atoms with van der Waals surface area (Å²) in [5.41, 5.74) is -7.37. The third-order valence-electron chi connectivity index (χ3n) is 7.53. The van der Waals surface area contributed by atoms with Gasteiger partial charge in [-0.3, -0.25) is 4.74 Å². The van der Waals surface area contributed by atoms with E-state index in [9.17, 15) is 73.7 Å². The largest absolute Gasteiger partial charge is 0.573 e. The minimum absolute atomic E-state index is 0.164. The van der Waals surface area contributed by atoms with Crippen molar-refractivity contribution in [2.45, 2.75) is 38.5 Å². The van der Waals surface area contributed by atoms with Gasteiger partial charge < -0.3 is 14.2 Å². The van der Waals surface area contributed by atoms with Crippen LogP contribution in [0.3, 0.4) is 0 Å². The maximum Gasteiger partial charge on any atom is 0.573 e. The molecule has 0 radical (unpaired) electrons. The lowest BCUT2D eigenvalue weighted by Gasteiger charge is -2.31. The van der Waals surface area contributed by atoms with E-state index in [1.165, 1.54) is 24.3 Å². The van der Waals surface area contributed by atoms with E-state index < -0.39 is 122 Å². The van der Waals surface area contributed by atoms with E-state index in [1.807, 2.05) is 0 Å². The number of benzene rings is 2. The van der Waals surface area contributed by atoms with Gasteiger partial charge in [0.2, 0.25) is 0 Å². The first-order valence-electron chi connectivity index (χ1n) is 13.5. The lowest BCUT2D eigenvalue weighted by atomic mass is 9.82. The first-order valence-corrected chi connectivity index (χ1v) is 13.5. The fraction of sp³-hybridized carbons (Fsp3) is 0.226. The molecular weight excluding hydrogens is 720 g/mol. The Bertz CT molecular complexity index is 2150. The molecule has 0 saturated heterocycles. The zero-order chi connectivity index (χ0) is 38.0. The van der Waals surface area contributed by atoms with Gasteiger partial charge in [-0.15, -0.1) is 52.7 Å². The highest BCUT2D eigenvalue weighted by Crippen LogP contribution is 2.59. The van der Waals surface area contributed by atoms with E-state index in [4.69, 9.17) is 0 Å². The predicted molar refractivity (Wildman–Crippen MR) is 143 cm³/mol. The molecule has 262 valence electrons. The Balaban J connectivity index is 1.94. The summed E-state index contributed by atoms with van der Waals surface area (Å²) >= 11 is 0. The third kappa shape index (κ3) is 6.87. The molecule has 3 aliphatic carbocycles. The normalized spacial score (nSPS) is 17.9. The second-order valence-electron chi connectivity index (χ2n) is 10.5. The van der Waals surface area contributed by atoms with Gasteiger partial charge in [-0.05, 0) is 57.7 Å². The highest BCUT2D eigenvalue weighted by atomic mass is 19.4. The van der Waals surface area contributed by atoms with Gasteiger partial charge in [0.1, 0.15) is 52.7 Å². The minimum Gasteiger partial charge on any atom is -0.406 e. The molecule has 0 saturated carbocycles. The Morgan fingerprint density at radius 2 is 1.10 bits per heavy atom. The van der Waals surface area contributed by atoms with Gasteiger partial charge >= 0.3 is 25.4 Å². The molecular formula is C31H10F12N4O4. The molecule has 2 atom stereocenters. The van der Waals surface area contributed by atoms with Gasteiger partial charge in [0.25, 0.3) is 0 Å². The quantitative estimate of drug-likeness (QED) is 0.192. The van der Waals surface area contributed by atoms with Crippen LogP contribution in [0.4, 0.5) is 52.7 Å². The van der Waals surface area contributed by atoms with Crippen molar-refractivity contribution < 1.29 is 71.6 Å². The van der Waals surface area contributed by atoms with Crippen LogP contribution in [-0.4, -0.2) is 31.6 Å². The number of fused-ring (bicyclic) bond motifs is 5. The lowest BCUT2D eigenvalue weighted by Crippen LogP contribution is -2.32. The summed E-state index contributed by atoms with van der Waals surface area (Å²) in [6.07, 6.45) is -24.0. The molecule has 2 unspecified atom stereocenters. The Hall–Kier alpha value is -6.12. The summed E-state index contributed by atoms with van der Waals surface area (Å²) in [6.45, 7) is 1.04. The SMILES string of the molecule is CC1C2=C(C(OC(F)(F)F)=CC1OC(F)(F)F)c1cc3c(cc1C2=C(C#N)C#N)C(=C(C#N)C#N)c1cc(OC(F)(F)F)cc(OC(F)(F)F)c1-3. The molecule has 5 rings (SSSR count). The molecule has 0 fully saturated rings. The van der Waals surface area contributed by atoms with Gasteiger partial charge in [0.15, 0.2) is 0 Å². The summed E-state index contributed by atoms with van der Waals surface area (Å²) in [5.74, 6) is -5.63. The fourth-order valence-electron chi connectivity index (χ4n) is 6.02. The molecule has 2 aromatic rings. The second-order valence-corrected chi connectivity index (χ2v) is 10.5. The molecule has 0 amide bonds. The smallest absolute Gasteiger partial charge is 0.406 e. The predicted octanol–water partition coefficient (Wildman–Crippen LogP) is 8.86. The minimum atomic E-state index is -5.59. The monoisotopic (exact) mass is 730 g/mol. The molecule has 0 bridgehead atoms. The van der Waals surface area contributed by atoms with E-state index in [2.05, 4.69) is 18.9 Å². The number of allylic oxidation sites excluding steroid dienone is 4. The van der Waals surface area contributed by atoms with Crippen molar-refractivity contribution in [3.05, 3.63) is 75.1 Å². The van der Waals surface area contributed by atoms with Crippen molar-refractivity contribution in [3.63, 3.8) is 0 Å². The topological polar surface area (TPSA) is 132 Å². The van der Waals surface area contributed by atoms with Gasteiger partial charge in [-0.1, -0.05) is 6.92 Å². The standard InChI is InChI=1S/C31H10F12N4O4/c1-11-20(49-29(35,36)37)6-22(51-31(41,42)43)27-18-5-17-15(4-16(18)25(23(11)27)13(9-46)10-47)24(12(7-44)8-45)19-2-14(48-28(32,33)34)3-21(26(17)19)50-30(38,39)40/h2-6,11,20H,1H3. The van der Waals surface area contributed by atoms with Crippen molar-refractivity contribution in [2.75, 3.05) is 0 Å². The summed E-state index contributed by atoms with van der Waals surface area (Å²) in [4.78, 5) is 0. The molecule has 8 nitrogen and oxygen atoms in total. The molecule has 0 N–H and O–H groups in total. The number of halogens is 12. The Morgan fingerprint density at radius 1 is 0.588 bits per heavy atom. The van der Waals surface area contributed by atoms with Crippen molar-refractivity contribution >= 4 is 16.7 Å². The van der Waals surface area contributed by atoms with Gasteiger partial charge in [0, 0.05) is 34.3 Å². The van der Waals surface area contributed by atoms with E-state index in [0.29, 0.717) is 12.1 Å². The lowest BCUT2D eigenvalue weighted by molar-refractivity contribution is -0.340. The van der Waals surface area contributed by atoms with E-state index in [1.54, 1.807) is 0 Å². The molecule has 20 heteroatoms. The van der Waals surface area contributed by atoms with Crippen molar-refractivity contribution in [1.82, 2.24) is 0 Å². The number of hydrogen-bond donors (Lipinski definition) is 0. The van der Waals surface area contributed by atoms with E-state index in [-0.39, 0.29) is 6.07 Å². The summed E-state index contributed by atoms with van der Waals surface area (Å²) < 4.78 is 177. The first-order chi connectivity index (χ1) is 23.5. The van der Waals surface area contributed by atoms with Crippen molar-refractivity contribution in [3.8, 4) is 46.9 Å². The fourth-order valence-corrected chi connectivity index (χ4v) is 6.02. The van der Waals surface area contributed by atoms with Gasteiger partial charge in [-0.25, -0.2) is 0 Å². The third-order valence-corrected chi connectivity index (χ3v) is 7.53. The molecule has 0 heterocycles. The maximum atomic E-state index is 13.7. The molecule has 3 aliphatic rings. The van der Waals surface area contributed by atoms with Crippen molar-refractivity contribution in [1.29, 1.82) is 21.0 Å². The van der Waals surface area contributed by atoms with Crippen LogP contribution in [0.1, 0.15) is 29.2 Å². The van der Waals surface area contributed by atoms with E-state index in [0.717, 1.165) is 19.1 Å². The number of hydrogen-bond acceptors (Lipinski definition) is 8. The average Bonchev–Trinajstić information content (AvgIpc) is 3.46. The van der Waals surface area contributed by atoms with E-state index >= 15 is 0 Å². The number of rotatable bonds is 4. The zero-order valence-electron chi connectivity index (χ0n) is 24.5. The Kier molecular flexibility index (Phi) is 8.53. The zero-order valence-corrected chi connectivity index (χ0v) is 24.5. The highest BCUT2D eigenvalue weighted by molar-refractivity contribution is 6.13. The molecule has 0 spiro atoms. The van der Waals surface area contributed by atoms with Crippen LogP contribution in [0.25, 0.3) is 27.8 Å². The molecule has 51 heavy (non-hydrogen) atoms. The van der Waals surface area contributed by atoms with Crippen LogP contribution in [0, 0.1) is 51.2 Å². The average molecular weight is 730 g/mol. The van der Waals surface area contributed by atoms with Crippen LogP contribution >= 0.6 is 0 Å². The van der Waals surface area contributed by atoms with Crippen LogP contribution in [0.15, 0.2) is 52.8 Å². The van der Waals surface area contributed by atoms with Crippen molar-refractivity contribution in [2.24, 2.45) is 5.92 Å². The second kappa shape index (κ2) is 12.0. The molecule has 2 aromatic carbocycles. The van der Waals surface area contributed by atoms with Crippen LogP contribution in [0.2, 0.25) is 0 Å². The number of ether oxygens (including phenoxy) is 4. The highest BCUT2D eigenvalue weighted by Gasteiger charge is 2.48. The summed E-state index contributed by atoms with van der Waals surface area (Å²) in [6, 6.07) is 8.25. The molecule has 0 aliphatic heterocycles. The Labute approximate surface area is 276 Å². The number of nitriles is 4. The van der Waals surface area contributed by atoms with Crippen LogP contribution < -0.4 is 9.47 Å². The van der Waals surface area contributed by atoms with Crippen LogP contribution in [-0.2, 0) is 9.47 Å². The van der Waals surface area contributed by atoms with Gasteiger partial charge in [0.05, 0.1) is 6.10 Å².